The molecule has 2 heteroatoms. The summed E-state index contributed by atoms with van der Waals surface area (Å²) in [5.74, 6) is 1.01. The van der Waals surface area contributed by atoms with Crippen LogP contribution < -0.4 is 0 Å². The Kier molecular flexibility index (Phi) is 4.12. The number of hydrogen-bond donors (Lipinski definition) is 0. The summed E-state index contributed by atoms with van der Waals surface area (Å²) < 4.78 is 0. The number of rotatable bonds is 2. The van der Waals surface area contributed by atoms with Crippen molar-refractivity contribution in [3.8, 4) is 0 Å². The molecule has 0 radical (unpaired) electrons. The molecule has 0 aromatic heterocycles. The van der Waals surface area contributed by atoms with E-state index < -0.39 is 0 Å². The van der Waals surface area contributed by atoms with E-state index in [4.69, 9.17) is 0 Å². The van der Waals surface area contributed by atoms with Crippen LogP contribution >= 0.6 is 23.5 Å². The first-order chi connectivity index (χ1) is 16.7. The zero-order valence-corrected chi connectivity index (χ0v) is 21.1. The molecule has 3 aliphatic carbocycles. The summed E-state index contributed by atoms with van der Waals surface area (Å²) in [6.45, 7) is 4.67. The van der Waals surface area contributed by atoms with Crippen molar-refractivity contribution >= 4 is 39.2 Å². The van der Waals surface area contributed by atoms with Gasteiger partial charge >= 0.3 is 0 Å². The van der Waals surface area contributed by atoms with Crippen LogP contribution in [0.5, 0.6) is 0 Å². The second-order valence-corrected chi connectivity index (χ2v) is 12.8. The summed E-state index contributed by atoms with van der Waals surface area (Å²) >= 11 is 4.21. The average Bonchev–Trinajstić information content (AvgIpc) is 3.58. The van der Waals surface area contributed by atoms with E-state index in [0.717, 1.165) is 12.8 Å². The van der Waals surface area contributed by atoms with Crippen LogP contribution in [0.1, 0.15) is 76.8 Å². The summed E-state index contributed by atoms with van der Waals surface area (Å²) in [5, 5.41) is 4.23. The summed E-state index contributed by atoms with van der Waals surface area (Å²) in [5.41, 5.74) is 12.3. The molecule has 2 aliphatic heterocycles. The highest BCUT2D eigenvalue weighted by molar-refractivity contribution is 8.09. The highest BCUT2D eigenvalue weighted by Crippen LogP contribution is 2.69. The molecule has 8 rings (SSSR count). The van der Waals surface area contributed by atoms with E-state index >= 15 is 0 Å². The van der Waals surface area contributed by atoms with Crippen LogP contribution in [-0.4, -0.2) is 0 Å². The van der Waals surface area contributed by atoms with Crippen molar-refractivity contribution in [1.29, 1.82) is 0 Å². The van der Waals surface area contributed by atoms with Gasteiger partial charge in [-0.05, 0) is 81.3 Å². The highest BCUT2D eigenvalue weighted by Gasteiger charge is 2.48. The lowest BCUT2D eigenvalue weighted by Crippen LogP contribution is -2.04. The molecule has 0 saturated heterocycles. The summed E-state index contributed by atoms with van der Waals surface area (Å²) in [7, 11) is 0. The van der Waals surface area contributed by atoms with Gasteiger partial charge in [-0.15, -0.1) is 23.5 Å². The Labute approximate surface area is 209 Å². The molecule has 3 aromatic rings. The van der Waals surface area contributed by atoms with Crippen LogP contribution in [0.2, 0.25) is 0 Å². The predicted molar refractivity (Wildman–Crippen MR) is 148 cm³/mol. The average molecular weight is 475 g/mol. The number of hydrogen-bond acceptors (Lipinski definition) is 2. The van der Waals surface area contributed by atoms with Gasteiger partial charge in [0.15, 0.2) is 0 Å². The molecule has 3 aromatic carbocycles. The normalized spacial score (nSPS) is 28.2. The van der Waals surface area contributed by atoms with Crippen LogP contribution in [0.15, 0.2) is 94.4 Å². The lowest BCUT2D eigenvalue weighted by Gasteiger charge is -2.19. The van der Waals surface area contributed by atoms with Crippen LogP contribution in [0.4, 0.5) is 0 Å². The molecular weight excluding hydrogens is 448 g/mol. The van der Waals surface area contributed by atoms with Crippen molar-refractivity contribution in [2.24, 2.45) is 0 Å². The molecule has 0 amide bonds. The van der Waals surface area contributed by atoms with Gasteiger partial charge in [0.25, 0.3) is 0 Å². The molecule has 34 heavy (non-hydrogen) atoms. The lowest BCUT2D eigenvalue weighted by molar-refractivity contribution is 0.815. The molecule has 4 unspecified atom stereocenters. The number of allylic oxidation sites excluding steroid dienone is 7. The van der Waals surface area contributed by atoms with Gasteiger partial charge in [0.05, 0.1) is 0 Å². The smallest absolute Gasteiger partial charge is 0.0461 e. The Hall–Kier alpha value is -2.42. The minimum absolute atomic E-state index is 0.444. The van der Waals surface area contributed by atoms with Crippen molar-refractivity contribution < 1.29 is 0 Å². The molecule has 0 N–H and O–H groups in total. The SMILES string of the molecule is CC1=C(C)C2c3ccc4c5c(ccc(c35)C2S1)C1C(C2=CCCC=C2)=C(c2ccccc2)SC41. The molecule has 0 saturated carbocycles. The van der Waals surface area contributed by atoms with Crippen LogP contribution in [0.3, 0.4) is 0 Å². The summed E-state index contributed by atoms with van der Waals surface area (Å²) in [4.78, 5) is 3.01. The third-order valence-electron chi connectivity index (χ3n) is 8.65. The molecule has 2 heterocycles. The maximum atomic E-state index is 2.50. The molecule has 0 fully saturated rings. The molecule has 0 nitrogen and oxygen atoms in total. The molecule has 0 bridgehead atoms. The maximum absolute atomic E-state index is 2.50. The van der Waals surface area contributed by atoms with E-state index in [1.54, 1.807) is 44.2 Å². The monoisotopic (exact) mass is 474 g/mol. The number of fused-ring (bicyclic) bond motifs is 6. The summed E-state index contributed by atoms with van der Waals surface area (Å²) in [6, 6.07) is 21.1. The van der Waals surface area contributed by atoms with Gasteiger partial charge in [-0.2, -0.15) is 0 Å². The first-order valence-electron chi connectivity index (χ1n) is 12.5. The Balaban J connectivity index is 1.37. The minimum Gasteiger partial charge on any atom is -0.122 e. The van der Waals surface area contributed by atoms with Gasteiger partial charge in [-0.25, -0.2) is 0 Å². The van der Waals surface area contributed by atoms with Gasteiger partial charge in [0.2, 0.25) is 0 Å². The van der Waals surface area contributed by atoms with E-state index in [-0.39, 0.29) is 0 Å². The van der Waals surface area contributed by atoms with Crippen molar-refractivity contribution in [2.75, 3.05) is 0 Å². The van der Waals surface area contributed by atoms with Crippen molar-refractivity contribution in [1.82, 2.24) is 0 Å². The fourth-order valence-electron chi connectivity index (χ4n) is 7.08. The number of thioether (sulfide) groups is 2. The molecule has 0 spiro atoms. The quantitative estimate of drug-likeness (QED) is 0.362. The highest BCUT2D eigenvalue weighted by atomic mass is 32.2. The van der Waals surface area contributed by atoms with E-state index in [0.29, 0.717) is 22.3 Å². The summed E-state index contributed by atoms with van der Waals surface area (Å²) in [6.07, 6.45) is 9.55. The largest absolute Gasteiger partial charge is 0.122 e. The topological polar surface area (TPSA) is 0 Å². The minimum atomic E-state index is 0.444. The van der Waals surface area contributed by atoms with Crippen molar-refractivity contribution in [3.05, 3.63) is 122 Å². The van der Waals surface area contributed by atoms with Crippen LogP contribution in [-0.2, 0) is 0 Å². The zero-order chi connectivity index (χ0) is 22.6. The van der Waals surface area contributed by atoms with Crippen molar-refractivity contribution in [3.63, 3.8) is 0 Å². The molecule has 166 valence electrons. The van der Waals surface area contributed by atoms with Crippen molar-refractivity contribution in [2.45, 2.75) is 49.0 Å². The second-order valence-electron chi connectivity index (χ2n) is 10.3. The zero-order valence-electron chi connectivity index (χ0n) is 19.5. The Morgan fingerprint density at radius 1 is 0.706 bits per heavy atom. The van der Waals surface area contributed by atoms with E-state index in [9.17, 15) is 0 Å². The van der Waals surface area contributed by atoms with E-state index in [2.05, 4.69) is 110 Å². The Bertz CT molecular complexity index is 1530. The maximum Gasteiger partial charge on any atom is 0.0461 e. The van der Waals surface area contributed by atoms with Gasteiger partial charge in [0, 0.05) is 27.2 Å². The lowest BCUT2D eigenvalue weighted by atomic mass is 9.83. The van der Waals surface area contributed by atoms with E-state index in [1.807, 2.05) is 0 Å². The standard InChI is InChI=1S/C32H26S2/c1-17-18(2)33-31-23-16-14-22-28-24(15-13-21(25(17)31)27(23)28)32-29(22)26(19-9-5-3-6-10-19)30(34-32)20-11-7-4-8-12-20/h4-5,7-16,25,29,31-32H,3,6H2,1-2H3. The first kappa shape index (κ1) is 19.8. The molecule has 5 aliphatic rings. The van der Waals surface area contributed by atoms with E-state index in [1.165, 1.54) is 20.9 Å². The van der Waals surface area contributed by atoms with Gasteiger partial charge in [0.1, 0.15) is 0 Å². The van der Waals surface area contributed by atoms with Crippen LogP contribution in [0.25, 0.3) is 15.7 Å². The third kappa shape index (κ3) is 2.44. The predicted octanol–water partition coefficient (Wildman–Crippen LogP) is 9.59. The van der Waals surface area contributed by atoms with Gasteiger partial charge in [-0.3, -0.25) is 0 Å². The first-order valence-corrected chi connectivity index (χ1v) is 14.2. The molecular formula is C32H26S2. The fraction of sp³-hybridized carbons (Fsp3) is 0.250. The van der Waals surface area contributed by atoms with Crippen LogP contribution in [0, 0.1) is 0 Å². The Morgan fingerprint density at radius 3 is 2.09 bits per heavy atom. The molecule has 4 atom stereocenters. The van der Waals surface area contributed by atoms with Gasteiger partial charge in [-0.1, -0.05) is 78.4 Å². The second kappa shape index (κ2) is 7.06. The Morgan fingerprint density at radius 2 is 1.38 bits per heavy atom. The number of benzene rings is 3. The van der Waals surface area contributed by atoms with Gasteiger partial charge < -0.3 is 0 Å². The third-order valence-corrected chi connectivity index (χ3v) is 11.6. The fourth-order valence-corrected chi connectivity index (χ4v) is 10.2.